The second kappa shape index (κ2) is 6.04. The van der Waals surface area contributed by atoms with Crippen molar-refractivity contribution in [2.45, 2.75) is 25.5 Å². The van der Waals surface area contributed by atoms with Gasteiger partial charge in [-0.2, -0.15) is 0 Å². The SMILES string of the molecule is COc1ccc(Br)cc1CN(C)CC1CC(O)C1. The van der Waals surface area contributed by atoms with Crippen molar-refractivity contribution in [3.63, 3.8) is 0 Å². The van der Waals surface area contributed by atoms with E-state index < -0.39 is 0 Å². The molecule has 18 heavy (non-hydrogen) atoms. The van der Waals surface area contributed by atoms with E-state index in [1.807, 2.05) is 12.1 Å². The average Bonchev–Trinajstić information content (AvgIpc) is 2.27. The van der Waals surface area contributed by atoms with E-state index in [2.05, 4.69) is 33.9 Å². The summed E-state index contributed by atoms with van der Waals surface area (Å²) >= 11 is 3.49. The largest absolute Gasteiger partial charge is 0.496 e. The second-order valence-electron chi connectivity index (χ2n) is 5.14. The summed E-state index contributed by atoms with van der Waals surface area (Å²) in [7, 11) is 3.82. The van der Waals surface area contributed by atoms with Crippen LogP contribution < -0.4 is 4.74 Å². The van der Waals surface area contributed by atoms with Crippen molar-refractivity contribution in [3.8, 4) is 5.75 Å². The molecule has 0 heterocycles. The lowest BCUT2D eigenvalue weighted by atomic mass is 9.82. The molecular weight excluding hydrogens is 294 g/mol. The minimum atomic E-state index is -0.0659. The Kier molecular flexibility index (Phi) is 4.65. The third-order valence-corrected chi connectivity index (χ3v) is 3.96. The molecule has 1 aromatic rings. The second-order valence-corrected chi connectivity index (χ2v) is 6.06. The minimum absolute atomic E-state index is 0.0659. The lowest BCUT2D eigenvalue weighted by molar-refractivity contribution is 0.0273. The Bertz CT molecular complexity index is 405. The highest BCUT2D eigenvalue weighted by Gasteiger charge is 2.27. The Morgan fingerprint density at radius 1 is 1.44 bits per heavy atom. The van der Waals surface area contributed by atoms with E-state index in [0.717, 1.165) is 36.2 Å². The number of halogens is 1. The summed E-state index contributed by atoms with van der Waals surface area (Å²) in [6.07, 6.45) is 1.82. The zero-order valence-corrected chi connectivity index (χ0v) is 12.5. The summed E-state index contributed by atoms with van der Waals surface area (Å²) in [6.45, 7) is 1.90. The standard InChI is InChI=1S/C14H20BrNO2/c1-16(8-10-5-13(17)6-10)9-11-7-12(15)3-4-14(11)18-2/h3-4,7,10,13,17H,5-6,8-9H2,1-2H3. The van der Waals surface area contributed by atoms with Crippen molar-refractivity contribution in [1.82, 2.24) is 4.90 Å². The first-order valence-corrected chi connectivity index (χ1v) is 7.07. The summed E-state index contributed by atoms with van der Waals surface area (Å²) in [5, 5.41) is 9.29. The van der Waals surface area contributed by atoms with Crippen LogP contribution in [0.5, 0.6) is 5.75 Å². The molecule has 1 aliphatic carbocycles. The normalized spacial score (nSPS) is 22.9. The highest BCUT2D eigenvalue weighted by atomic mass is 79.9. The molecule has 0 aliphatic heterocycles. The van der Waals surface area contributed by atoms with E-state index in [0.29, 0.717) is 5.92 Å². The lowest BCUT2D eigenvalue weighted by Crippen LogP contribution is -2.36. The number of methoxy groups -OCH3 is 1. The first-order chi connectivity index (χ1) is 8.58. The Balaban J connectivity index is 1.93. The molecule has 0 aromatic heterocycles. The minimum Gasteiger partial charge on any atom is -0.496 e. The predicted molar refractivity (Wildman–Crippen MR) is 75.8 cm³/mol. The van der Waals surface area contributed by atoms with Crippen LogP contribution in [0.25, 0.3) is 0 Å². The average molecular weight is 314 g/mol. The van der Waals surface area contributed by atoms with Gasteiger partial charge in [0.05, 0.1) is 13.2 Å². The molecule has 0 bridgehead atoms. The number of hydrogen-bond donors (Lipinski definition) is 1. The van der Waals surface area contributed by atoms with Crippen LogP contribution in [0.15, 0.2) is 22.7 Å². The van der Waals surface area contributed by atoms with Crippen LogP contribution >= 0.6 is 15.9 Å². The molecule has 0 spiro atoms. The van der Waals surface area contributed by atoms with Gasteiger partial charge < -0.3 is 14.7 Å². The van der Waals surface area contributed by atoms with Crippen molar-refractivity contribution in [2.24, 2.45) is 5.92 Å². The van der Waals surface area contributed by atoms with Gasteiger partial charge in [0.2, 0.25) is 0 Å². The van der Waals surface area contributed by atoms with Crippen molar-refractivity contribution >= 4 is 15.9 Å². The summed E-state index contributed by atoms with van der Waals surface area (Å²) in [5.41, 5.74) is 1.19. The molecule has 0 unspecified atom stereocenters. The van der Waals surface area contributed by atoms with Crippen molar-refractivity contribution in [2.75, 3.05) is 20.7 Å². The Labute approximate surface area is 117 Å². The Morgan fingerprint density at radius 3 is 2.78 bits per heavy atom. The third-order valence-electron chi connectivity index (χ3n) is 3.46. The zero-order valence-electron chi connectivity index (χ0n) is 10.9. The number of hydrogen-bond acceptors (Lipinski definition) is 3. The van der Waals surface area contributed by atoms with Crippen molar-refractivity contribution in [1.29, 1.82) is 0 Å². The molecule has 1 saturated carbocycles. The van der Waals surface area contributed by atoms with E-state index in [4.69, 9.17) is 4.74 Å². The lowest BCUT2D eigenvalue weighted by Gasteiger charge is -2.34. The monoisotopic (exact) mass is 313 g/mol. The molecule has 3 nitrogen and oxygen atoms in total. The molecule has 0 saturated heterocycles. The van der Waals surface area contributed by atoms with Gasteiger partial charge >= 0.3 is 0 Å². The number of aliphatic hydroxyl groups excluding tert-OH is 1. The molecule has 4 heteroatoms. The van der Waals surface area contributed by atoms with Gasteiger partial charge in [-0.25, -0.2) is 0 Å². The molecule has 0 atom stereocenters. The molecule has 0 radical (unpaired) electrons. The van der Waals surface area contributed by atoms with Gasteiger partial charge in [0.25, 0.3) is 0 Å². The van der Waals surface area contributed by atoms with Crippen molar-refractivity contribution < 1.29 is 9.84 Å². The Hall–Kier alpha value is -0.580. The third kappa shape index (κ3) is 3.46. The fraction of sp³-hybridized carbons (Fsp3) is 0.571. The number of nitrogens with zero attached hydrogens (tertiary/aromatic N) is 1. The summed E-state index contributed by atoms with van der Waals surface area (Å²) in [5.74, 6) is 1.57. The van der Waals surface area contributed by atoms with E-state index in [1.54, 1.807) is 7.11 Å². The maximum absolute atomic E-state index is 9.29. The number of ether oxygens (including phenoxy) is 1. The van der Waals surface area contributed by atoms with Crippen LogP contribution in [-0.4, -0.2) is 36.8 Å². The fourth-order valence-corrected chi connectivity index (χ4v) is 2.92. The summed E-state index contributed by atoms with van der Waals surface area (Å²) < 4.78 is 6.45. The highest BCUT2D eigenvalue weighted by molar-refractivity contribution is 9.10. The van der Waals surface area contributed by atoms with Gasteiger partial charge in [0.1, 0.15) is 5.75 Å². The fourth-order valence-electron chi connectivity index (χ4n) is 2.52. The van der Waals surface area contributed by atoms with Crippen LogP contribution in [-0.2, 0) is 6.54 Å². The quantitative estimate of drug-likeness (QED) is 0.907. The van der Waals surface area contributed by atoms with Crippen LogP contribution in [0.2, 0.25) is 0 Å². The maximum Gasteiger partial charge on any atom is 0.123 e. The van der Waals surface area contributed by atoms with Gasteiger partial charge in [-0.15, -0.1) is 0 Å². The van der Waals surface area contributed by atoms with Crippen molar-refractivity contribution in [3.05, 3.63) is 28.2 Å². The molecule has 100 valence electrons. The van der Waals surface area contributed by atoms with E-state index in [1.165, 1.54) is 5.56 Å². The topological polar surface area (TPSA) is 32.7 Å². The summed E-state index contributed by atoms with van der Waals surface area (Å²) in [6, 6.07) is 6.08. The molecule has 1 fully saturated rings. The van der Waals surface area contributed by atoms with E-state index in [-0.39, 0.29) is 6.10 Å². The van der Waals surface area contributed by atoms with E-state index in [9.17, 15) is 5.11 Å². The maximum atomic E-state index is 9.29. The highest BCUT2D eigenvalue weighted by Crippen LogP contribution is 2.29. The molecular formula is C14H20BrNO2. The van der Waals surface area contributed by atoms with Gasteiger partial charge in [-0.3, -0.25) is 0 Å². The number of rotatable bonds is 5. The van der Waals surface area contributed by atoms with Gasteiger partial charge in [0, 0.05) is 23.1 Å². The zero-order chi connectivity index (χ0) is 13.1. The number of benzene rings is 1. The molecule has 1 aliphatic rings. The van der Waals surface area contributed by atoms with E-state index >= 15 is 0 Å². The molecule has 2 rings (SSSR count). The Morgan fingerprint density at radius 2 is 2.17 bits per heavy atom. The summed E-state index contributed by atoms with van der Waals surface area (Å²) in [4.78, 5) is 2.29. The molecule has 1 N–H and O–H groups in total. The van der Waals surface area contributed by atoms with Crippen LogP contribution in [0, 0.1) is 5.92 Å². The van der Waals surface area contributed by atoms with Crippen LogP contribution in [0.1, 0.15) is 18.4 Å². The van der Waals surface area contributed by atoms with Gasteiger partial charge in [-0.05, 0) is 44.0 Å². The molecule has 1 aromatic carbocycles. The smallest absolute Gasteiger partial charge is 0.123 e. The van der Waals surface area contributed by atoms with Crippen LogP contribution in [0.3, 0.4) is 0 Å². The first kappa shape index (κ1) is 13.8. The molecule has 0 amide bonds. The predicted octanol–water partition coefficient (Wildman–Crippen LogP) is 2.66. The van der Waals surface area contributed by atoms with Gasteiger partial charge in [0.15, 0.2) is 0 Å². The van der Waals surface area contributed by atoms with Gasteiger partial charge in [-0.1, -0.05) is 15.9 Å². The first-order valence-electron chi connectivity index (χ1n) is 6.27. The number of aliphatic hydroxyl groups is 1. The van der Waals surface area contributed by atoms with Crippen LogP contribution in [0.4, 0.5) is 0 Å².